The van der Waals surface area contributed by atoms with Crippen LogP contribution in [0.1, 0.15) is 61.3 Å². The Morgan fingerprint density at radius 1 is 0.773 bits per heavy atom. The van der Waals surface area contributed by atoms with Gasteiger partial charge in [0.05, 0.1) is 5.60 Å². The minimum atomic E-state index is -1.49. The average Bonchev–Trinajstić information content (AvgIpc) is 2.08. The standard InChI is InChI=1S/C15H34OSi.H8O2Si3/c1-13(2,3)11-15(7,12-14(4,5)6)16-17(8,9)10;3-1-5-2-4/h11-12H2,1-10H3;5H2,3-4H3. The summed E-state index contributed by atoms with van der Waals surface area (Å²) < 4.78 is 16.1. The van der Waals surface area contributed by atoms with Crippen LogP contribution in [0.2, 0.25) is 19.6 Å². The topological polar surface area (TPSA) is 27.7 Å². The fourth-order valence-corrected chi connectivity index (χ4v) is 7.92. The molecular formula is C15H42O3Si4. The Bertz CT molecular complexity index is 248. The van der Waals surface area contributed by atoms with Crippen LogP contribution in [0, 0.1) is 10.8 Å². The highest BCUT2D eigenvalue weighted by Crippen LogP contribution is 2.39. The van der Waals surface area contributed by atoms with Crippen molar-refractivity contribution in [2.45, 2.75) is 86.5 Å². The smallest absolute Gasteiger partial charge is 0.282 e. The summed E-state index contributed by atoms with van der Waals surface area (Å²) in [4.78, 5) is 0. The SMILES string of the molecule is CC(C)(C)CC(C)(CC(C)(C)C)O[Si](C)(C)C.[SiH3]O[SiH2]O[SiH3]. The highest BCUT2D eigenvalue weighted by molar-refractivity contribution is 6.69. The highest BCUT2D eigenvalue weighted by atomic mass is 28.4. The molecule has 0 saturated heterocycles. The van der Waals surface area contributed by atoms with Gasteiger partial charge in [-0.05, 0) is 50.2 Å². The van der Waals surface area contributed by atoms with E-state index in [0.29, 0.717) is 10.8 Å². The summed E-state index contributed by atoms with van der Waals surface area (Å²) in [7, 11) is -0.221. The van der Waals surface area contributed by atoms with Crippen molar-refractivity contribution in [3.63, 3.8) is 0 Å². The summed E-state index contributed by atoms with van der Waals surface area (Å²) in [6.45, 7) is 23.0. The van der Waals surface area contributed by atoms with Crippen LogP contribution in [0.4, 0.5) is 0 Å². The Labute approximate surface area is 149 Å². The number of hydrogen-bond acceptors (Lipinski definition) is 3. The molecule has 0 heterocycles. The van der Waals surface area contributed by atoms with E-state index in [1.54, 1.807) is 0 Å². The maximum Gasteiger partial charge on any atom is 0.282 e. The monoisotopic (exact) mass is 382 g/mol. The van der Waals surface area contributed by atoms with Gasteiger partial charge in [-0.1, -0.05) is 41.5 Å². The first kappa shape index (κ1) is 25.0. The third-order valence-corrected chi connectivity index (χ3v) is 5.59. The van der Waals surface area contributed by atoms with Crippen LogP contribution in [0.25, 0.3) is 0 Å². The minimum absolute atomic E-state index is 0.0149. The molecule has 0 atom stereocenters. The molecule has 136 valence electrons. The molecule has 0 aliphatic rings. The fraction of sp³-hybridized carbons (Fsp3) is 1.00. The summed E-state index contributed by atoms with van der Waals surface area (Å²) in [5.74, 6) is 0. The maximum absolute atomic E-state index is 6.52. The van der Waals surface area contributed by atoms with Gasteiger partial charge in [0.25, 0.3) is 10.0 Å². The van der Waals surface area contributed by atoms with E-state index >= 15 is 0 Å². The lowest BCUT2D eigenvalue weighted by atomic mass is 9.75. The maximum atomic E-state index is 6.52. The molecule has 0 radical (unpaired) electrons. The van der Waals surface area contributed by atoms with Crippen LogP contribution < -0.4 is 0 Å². The van der Waals surface area contributed by atoms with E-state index in [-0.39, 0.29) is 5.60 Å². The van der Waals surface area contributed by atoms with Crippen LogP contribution in [0.3, 0.4) is 0 Å². The predicted octanol–water partition coefficient (Wildman–Crippen LogP) is 2.05. The zero-order valence-electron chi connectivity index (χ0n) is 17.3. The summed E-state index contributed by atoms with van der Waals surface area (Å²) >= 11 is 0. The lowest BCUT2D eigenvalue weighted by Gasteiger charge is -2.43. The van der Waals surface area contributed by atoms with Crippen molar-refractivity contribution in [1.82, 2.24) is 0 Å². The quantitative estimate of drug-likeness (QED) is 0.658. The number of hydrogen-bond donors (Lipinski definition) is 0. The van der Waals surface area contributed by atoms with Crippen molar-refractivity contribution < 1.29 is 12.7 Å². The molecule has 0 amide bonds. The highest BCUT2D eigenvalue weighted by Gasteiger charge is 2.38. The van der Waals surface area contributed by atoms with Crippen molar-refractivity contribution in [3.8, 4) is 0 Å². The molecule has 0 saturated carbocycles. The zero-order valence-corrected chi connectivity index (χ0v) is 23.8. The van der Waals surface area contributed by atoms with Gasteiger partial charge in [-0.25, -0.2) is 0 Å². The van der Waals surface area contributed by atoms with Crippen molar-refractivity contribution in [2.75, 3.05) is 0 Å². The van der Waals surface area contributed by atoms with Crippen LogP contribution >= 0.6 is 0 Å². The van der Waals surface area contributed by atoms with Gasteiger partial charge in [-0.15, -0.1) is 0 Å². The van der Waals surface area contributed by atoms with Gasteiger partial charge < -0.3 is 12.7 Å². The van der Waals surface area contributed by atoms with Crippen LogP contribution in [0.15, 0.2) is 0 Å². The van der Waals surface area contributed by atoms with Crippen LogP contribution in [-0.4, -0.2) is 44.9 Å². The molecule has 0 aliphatic carbocycles. The van der Waals surface area contributed by atoms with Gasteiger partial charge in [-0.3, -0.25) is 0 Å². The molecular weight excluding hydrogens is 341 g/mol. The van der Waals surface area contributed by atoms with E-state index in [4.69, 9.17) is 12.7 Å². The normalized spacial score (nSPS) is 14.5. The number of rotatable bonds is 6. The Balaban J connectivity index is 0. The lowest BCUT2D eigenvalue weighted by Crippen LogP contribution is -2.45. The second-order valence-electron chi connectivity index (χ2n) is 9.83. The van der Waals surface area contributed by atoms with Crippen molar-refractivity contribution >= 4 is 39.3 Å². The third-order valence-electron chi connectivity index (χ3n) is 2.60. The molecule has 0 rings (SSSR count). The Morgan fingerprint density at radius 2 is 1.09 bits per heavy atom. The molecule has 0 aromatic heterocycles. The molecule has 0 bridgehead atoms. The van der Waals surface area contributed by atoms with Gasteiger partial charge >= 0.3 is 0 Å². The molecule has 7 heteroatoms. The summed E-state index contributed by atoms with van der Waals surface area (Å²) in [6.07, 6.45) is 2.25. The van der Waals surface area contributed by atoms with Gasteiger partial charge in [-0.2, -0.15) is 0 Å². The van der Waals surface area contributed by atoms with Gasteiger partial charge in [0.15, 0.2) is 8.32 Å². The van der Waals surface area contributed by atoms with Gasteiger partial charge in [0, 0.05) is 0 Å². The average molecular weight is 383 g/mol. The Morgan fingerprint density at radius 3 is 1.23 bits per heavy atom. The third kappa shape index (κ3) is 18.8. The molecule has 0 unspecified atom stereocenters. The second-order valence-corrected chi connectivity index (χ2v) is 19.1. The first-order valence-electron chi connectivity index (χ1n) is 8.22. The molecule has 22 heavy (non-hydrogen) atoms. The van der Waals surface area contributed by atoms with Crippen molar-refractivity contribution in [1.29, 1.82) is 0 Å². The van der Waals surface area contributed by atoms with Crippen LogP contribution in [0.5, 0.6) is 0 Å². The molecule has 0 aliphatic heterocycles. The summed E-state index contributed by atoms with van der Waals surface area (Å²) in [5, 5.41) is 0. The van der Waals surface area contributed by atoms with E-state index in [0.717, 1.165) is 33.8 Å². The lowest BCUT2D eigenvalue weighted by molar-refractivity contribution is 0.00208. The van der Waals surface area contributed by atoms with E-state index in [2.05, 4.69) is 68.1 Å². The molecule has 0 aromatic carbocycles. The Hall–Kier alpha value is 0.748. The molecule has 3 nitrogen and oxygen atoms in total. The van der Waals surface area contributed by atoms with Crippen LogP contribution in [-0.2, 0) is 12.7 Å². The molecule has 0 N–H and O–H groups in total. The van der Waals surface area contributed by atoms with Gasteiger partial charge in [0.1, 0.15) is 21.0 Å². The van der Waals surface area contributed by atoms with Gasteiger partial charge in [0.2, 0.25) is 0 Å². The summed E-state index contributed by atoms with van der Waals surface area (Å²) in [6, 6.07) is 0. The zero-order chi connectivity index (χ0) is 18.2. The predicted molar refractivity (Wildman–Crippen MR) is 112 cm³/mol. The first-order chi connectivity index (χ1) is 9.54. The van der Waals surface area contributed by atoms with Crippen molar-refractivity contribution in [2.24, 2.45) is 10.8 Å². The minimum Gasteiger partial charge on any atom is -0.449 e. The molecule has 0 aromatic rings. The van der Waals surface area contributed by atoms with E-state index < -0.39 is 18.3 Å². The second kappa shape index (κ2) is 9.90. The Kier molecular flexibility index (Phi) is 11.2. The first-order valence-corrected chi connectivity index (χ1v) is 14.4. The molecule has 0 spiro atoms. The molecule has 0 fully saturated rings. The van der Waals surface area contributed by atoms with E-state index in [1.165, 1.54) is 0 Å². The van der Waals surface area contributed by atoms with E-state index in [9.17, 15) is 0 Å². The largest absolute Gasteiger partial charge is 0.449 e. The van der Waals surface area contributed by atoms with Crippen molar-refractivity contribution in [3.05, 3.63) is 0 Å². The summed E-state index contributed by atoms with van der Waals surface area (Å²) in [5.41, 5.74) is 0.653. The van der Waals surface area contributed by atoms with E-state index in [1.807, 2.05) is 0 Å². The fourth-order valence-electron chi connectivity index (χ4n) is 3.24.